The van der Waals surface area contributed by atoms with Crippen molar-refractivity contribution in [1.82, 2.24) is 14.8 Å². The molecule has 37 heavy (non-hydrogen) atoms. The molecule has 192 valence electrons. The SMILES string of the molecule is CC(C)c1ccc(OC(C)c2nnc(SCC(=O)Nc3ccc(F)c(F)c3F)n2-c2ccccc2)cc1. The summed E-state index contributed by atoms with van der Waals surface area (Å²) < 4.78 is 48.5. The van der Waals surface area contributed by atoms with E-state index in [0.29, 0.717) is 22.6 Å². The number of benzene rings is 3. The summed E-state index contributed by atoms with van der Waals surface area (Å²) in [5, 5.41) is 11.2. The molecule has 4 aromatic rings. The number of aromatic nitrogens is 3. The highest BCUT2D eigenvalue weighted by Crippen LogP contribution is 2.29. The zero-order valence-electron chi connectivity index (χ0n) is 20.4. The minimum atomic E-state index is -1.65. The zero-order chi connectivity index (χ0) is 26.5. The molecule has 1 atom stereocenters. The first kappa shape index (κ1) is 26.3. The van der Waals surface area contributed by atoms with E-state index in [0.717, 1.165) is 29.6 Å². The van der Waals surface area contributed by atoms with Gasteiger partial charge in [-0.05, 0) is 54.8 Å². The Bertz CT molecular complexity index is 1380. The number of amides is 1. The highest BCUT2D eigenvalue weighted by Gasteiger charge is 2.22. The molecule has 1 aromatic heterocycles. The van der Waals surface area contributed by atoms with Gasteiger partial charge in [0.2, 0.25) is 5.91 Å². The van der Waals surface area contributed by atoms with Crippen molar-refractivity contribution in [2.75, 3.05) is 11.1 Å². The van der Waals surface area contributed by atoms with Crippen molar-refractivity contribution in [1.29, 1.82) is 0 Å². The van der Waals surface area contributed by atoms with E-state index < -0.39 is 35.2 Å². The molecular weight excluding hydrogens is 501 g/mol. The van der Waals surface area contributed by atoms with Crippen molar-refractivity contribution in [3.8, 4) is 11.4 Å². The molecule has 1 N–H and O–H groups in total. The Hall–Kier alpha value is -3.79. The number of anilines is 1. The summed E-state index contributed by atoms with van der Waals surface area (Å²) in [4.78, 5) is 12.4. The van der Waals surface area contributed by atoms with Crippen molar-refractivity contribution in [2.45, 2.75) is 37.9 Å². The predicted octanol–water partition coefficient (Wildman–Crippen LogP) is 6.68. The molecule has 6 nitrogen and oxygen atoms in total. The lowest BCUT2D eigenvalue weighted by molar-refractivity contribution is -0.113. The Morgan fingerprint density at radius 3 is 2.32 bits per heavy atom. The van der Waals surface area contributed by atoms with Crippen molar-refractivity contribution in [3.05, 3.63) is 95.6 Å². The van der Waals surface area contributed by atoms with Gasteiger partial charge in [-0.3, -0.25) is 9.36 Å². The number of thioether (sulfide) groups is 1. The van der Waals surface area contributed by atoms with Gasteiger partial charge in [0.15, 0.2) is 34.5 Å². The van der Waals surface area contributed by atoms with Crippen LogP contribution in [0, 0.1) is 17.5 Å². The smallest absolute Gasteiger partial charge is 0.234 e. The van der Waals surface area contributed by atoms with Crippen molar-refractivity contribution < 1.29 is 22.7 Å². The fourth-order valence-corrected chi connectivity index (χ4v) is 4.34. The summed E-state index contributed by atoms with van der Waals surface area (Å²) in [7, 11) is 0. The van der Waals surface area contributed by atoms with Gasteiger partial charge in [0.05, 0.1) is 11.4 Å². The summed E-state index contributed by atoms with van der Waals surface area (Å²) >= 11 is 1.06. The van der Waals surface area contributed by atoms with Crippen LogP contribution >= 0.6 is 11.8 Å². The molecule has 4 rings (SSSR count). The Balaban J connectivity index is 1.53. The van der Waals surface area contributed by atoms with E-state index in [1.54, 1.807) is 4.57 Å². The maximum Gasteiger partial charge on any atom is 0.234 e. The molecule has 0 fully saturated rings. The molecule has 0 aliphatic rings. The number of hydrogen-bond acceptors (Lipinski definition) is 5. The summed E-state index contributed by atoms with van der Waals surface area (Å²) in [5.41, 5.74) is 1.52. The fourth-order valence-electron chi connectivity index (χ4n) is 3.58. The fraction of sp³-hybridized carbons (Fsp3) is 0.222. The van der Waals surface area contributed by atoms with E-state index in [9.17, 15) is 18.0 Å². The largest absolute Gasteiger partial charge is 0.483 e. The molecule has 0 aliphatic carbocycles. The zero-order valence-corrected chi connectivity index (χ0v) is 21.2. The second-order valence-electron chi connectivity index (χ2n) is 8.56. The van der Waals surface area contributed by atoms with Crippen LogP contribution in [0.25, 0.3) is 5.69 Å². The van der Waals surface area contributed by atoms with Gasteiger partial charge >= 0.3 is 0 Å². The average molecular weight is 527 g/mol. The molecule has 0 saturated carbocycles. The van der Waals surface area contributed by atoms with E-state index in [-0.39, 0.29) is 5.75 Å². The minimum Gasteiger partial charge on any atom is -0.483 e. The Kier molecular flexibility index (Phi) is 8.17. The van der Waals surface area contributed by atoms with Gasteiger partial charge < -0.3 is 10.1 Å². The molecule has 3 aromatic carbocycles. The third kappa shape index (κ3) is 6.14. The topological polar surface area (TPSA) is 69.0 Å². The molecular formula is C27H25F3N4O2S. The number of ether oxygens (including phenoxy) is 1. The molecule has 1 unspecified atom stereocenters. The second kappa shape index (κ2) is 11.5. The third-order valence-corrected chi connectivity index (χ3v) is 6.47. The van der Waals surface area contributed by atoms with Gasteiger partial charge in [-0.1, -0.05) is 55.9 Å². The molecule has 1 amide bonds. The normalized spacial score (nSPS) is 12.0. The number of halogens is 3. The molecule has 1 heterocycles. The first-order valence-electron chi connectivity index (χ1n) is 11.6. The standard InChI is InChI=1S/C27H25F3N4O2S/c1-16(2)18-9-11-20(12-10-18)36-17(3)26-32-33-27(34(26)19-7-5-4-6-8-19)37-15-23(35)31-22-14-13-21(28)24(29)25(22)30/h4-14,16-17H,15H2,1-3H3,(H,31,35). The van der Waals surface area contributed by atoms with Gasteiger partial charge in [-0.25, -0.2) is 13.2 Å². The molecule has 0 spiro atoms. The van der Waals surface area contributed by atoms with Gasteiger partial charge in [0, 0.05) is 5.69 Å². The number of carbonyl (C=O) groups excluding carboxylic acids is 1. The van der Waals surface area contributed by atoms with Crippen LogP contribution in [0.15, 0.2) is 71.9 Å². The molecule has 0 bridgehead atoms. The van der Waals surface area contributed by atoms with Gasteiger partial charge in [-0.15, -0.1) is 10.2 Å². The number of nitrogens with zero attached hydrogens (tertiary/aromatic N) is 3. The summed E-state index contributed by atoms with van der Waals surface area (Å²) in [5.74, 6) is -3.62. The molecule has 0 aliphatic heterocycles. The summed E-state index contributed by atoms with van der Waals surface area (Å²) in [6.45, 7) is 6.09. The van der Waals surface area contributed by atoms with E-state index in [4.69, 9.17) is 4.74 Å². The molecule has 0 saturated heterocycles. The van der Waals surface area contributed by atoms with Crippen molar-refractivity contribution in [2.24, 2.45) is 0 Å². The van der Waals surface area contributed by atoms with Crippen LogP contribution in [-0.4, -0.2) is 26.4 Å². The Morgan fingerprint density at radius 1 is 0.946 bits per heavy atom. The lowest BCUT2D eigenvalue weighted by Crippen LogP contribution is -2.16. The first-order chi connectivity index (χ1) is 17.7. The van der Waals surface area contributed by atoms with Crippen LogP contribution in [-0.2, 0) is 4.79 Å². The number of nitrogens with one attached hydrogen (secondary N) is 1. The van der Waals surface area contributed by atoms with Gasteiger partial charge in [0.25, 0.3) is 0 Å². The number of rotatable bonds is 9. The lowest BCUT2D eigenvalue weighted by Gasteiger charge is -2.17. The summed E-state index contributed by atoms with van der Waals surface area (Å²) in [6.07, 6.45) is -0.475. The number of carbonyl (C=O) groups is 1. The van der Waals surface area contributed by atoms with Crippen LogP contribution in [0.2, 0.25) is 0 Å². The van der Waals surface area contributed by atoms with Crippen LogP contribution < -0.4 is 10.1 Å². The van der Waals surface area contributed by atoms with E-state index in [1.165, 1.54) is 5.56 Å². The quantitative estimate of drug-likeness (QED) is 0.195. The predicted molar refractivity (Wildman–Crippen MR) is 137 cm³/mol. The maximum atomic E-state index is 13.9. The first-order valence-corrected chi connectivity index (χ1v) is 12.6. The van der Waals surface area contributed by atoms with Crippen molar-refractivity contribution in [3.63, 3.8) is 0 Å². The van der Waals surface area contributed by atoms with Gasteiger partial charge in [-0.2, -0.15) is 0 Å². The average Bonchev–Trinajstić information content (AvgIpc) is 3.33. The van der Waals surface area contributed by atoms with E-state index in [2.05, 4.69) is 29.4 Å². The van der Waals surface area contributed by atoms with Crippen molar-refractivity contribution >= 4 is 23.4 Å². The second-order valence-corrected chi connectivity index (χ2v) is 9.50. The highest BCUT2D eigenvalue weighted by molar-refractivity contribution is 7.99. The molecule has 0 radical (unpaired) electrons. The Morgan fingerprint density at radius 2 is 1.65 bits per heavy atom. The monoisotopic (exact) mass is 526 g/mol. The molecule has 10 heteroatoms. The summed E-state index contributed by atoms with van der Waals surface area (Å²) in [6, 6.07) is 18.9. The van der Waals surface area contributed by atoms with Crippen LogP contribution in [0.5, 0.6) is 5.75 Å². The Labute approximate surface area is 216 Å². The number of para-hydroxylation sites is 1. The number of hydrogen-bond donors (Lipinski definition) is 1. The van der Waals surface area contributed by atoms with Crippen LogP contribution in [0.1, 0.15) is 44.2 Å². The van der Waals surface area contributed by atoms with Crippen LogP contribution in [0.4, 0.5) is 18.9 Å². The lowest BCUT2D eigenvalue weighted by atomic mass is 10.0. The highest BCUT2D eigenvalue weighted by atomic mass is 32.2. The minimum absolute atomic E-state index is 0.171. The van der Waals surface area contributed by atoms with Crippen LogP contribution in [0.3, 0.4) is 0 Å². The van der Waals surface area contributed by atoms with Gasteiger partial charge in [0.1, 0.15) is 5.75 Å². The van der Waals surface area contributed by atoms with E-state index in [1.807, 2.05) is 61.5 Å². The maximum absolute atomic E-state index is 13.9. The van der Waals surface area contributed by atoms with E-state index >= 15 is 0 Å². The third-order valence-electron chi connectivity index (χ3n) is 5.54.